The van der Waals surface area contributed by atoms with Gasteiger partial charge in [0.15, 0.2) is 11.5 Å². The Kier molecular flexibility index (Phi) is 5.80. The van der Waals surface area contributed by atoms with Crippen LogP contribution in [0.25, 0.3) is 0 Å². The molecule has 0 saturated carbocycles. The number of methoxy groups -OCH3 is 1. The molecule has 0 aromatic heterocycles. The van der Waals surface area contributed by atoms with Gasteiger partial charge in [-0.05, 0) is 37.6 Å². The van der Waals surface area contributed by atoms with Gasteiger partial charge in [-0.1, -0.05) is 59.7 Å². The van der Waals surface area contributed by atoms with Crippen molar-refractivity contribution in [2.24, 2.45) is 0 Å². The maximum Gasteiger partial charge on any atom is 0.166 e. The maximum absolute atomic E-state index is 6.13. The average Bonchev–Trinajstić information content (AvgIpc) is 2.67. The number of anilines is 1. The summed E-state index contributed by atoms with van der Waals surface area (Å²) in [6, 6.07) is 22.7. The molecule has 1 N–H and O–H groups in total. The first kappa shape index (κ1) is 17.9. The van der Waals surface area contributed by atoms with Gasteiger partial charge in [-0.2, -0.15) is 0 Å². The summed E-state index contributed by atoms with van der Waals surface area (Å²) in [5.41, 5.74) is 5.78. The molecular formula is C23H25NO2. The van der Waals surface area contributed by atoms with Crippen molar-refractivity contribution in [1.29, 1.82) is 0 Å². The fourth-order valence-electron chi connectivity index (χ4n) is 2.73. The zero-order chi connectivity index (χ0) is 18.4. The summed E-state index contributed by atoms with van der Waals surface area (Å²) in [5, 5.41) is 3.45. The molecule has 0 aliphatic heterocycles. The van der Waals surface area contributed by atoms with Crippen molar-refractivity contribution >= 4 is 5.69 Å². The third-order valence-electron chi connectivity index (χ3n) is 4.32. The summed E-state index contributed by atoms with van der Waals surface area (Å²) < 4.78 is 11.6. The Morgan fingerprint density at radius 2 is 1.46 bits per heavy atom. The maximum atomic E-state index is 6.13. The van der Waals surface area contributed by atoms with Gasteiger partial charge in [0.05, 0.1) is 7.11 Å². The highest BCUT2D eigenvalue weighted by Gasteiger charge is 2.11. The van der Waals surface area contributed by atoms with Crippen molar-refractivity contribution < 1.29 is 9.47 Å². The lowest BCUT2D eigenvalue weighted by Gasteiger charge is -2.16. The number of aryl methyl sites for hydroxylation is 2. The van der Waals surface area contributed by atoms with Gasteiger partial charge < -0.3 is 14.8 Å². The molecule has 0 aliphatic rings. The van der Waals surface area contributed by atoms with E-state index in [1.807, 2.05) is 12.1 Å². The van der Waals surface area contributed by atoms with Gasteiger partial charge in [0, 0.05) is 17.8 Å². The summed E-state index contributed by atoms with van der Waals surface area (Å²) in [6.45, 7) is 5.35. The number of para-hydroxylation sites is 1. The number of hydrogen-bond donors (Lipinski definition) is 1. The van der Waals surface area contributed by atoms with Crippen LogP contribution >= 0.6 is 0 Å². The van der Waals surface area contributed by atoms with E-state index in [-0.39, 0.29) is 0 Å². The Morgan fingerprint density at radius 1 is 0.808 bits per heavy atom. The van der Waals surface area contributed by atoms with E-state index in [2.05, 4.69) is 73.8 Å². The summed E-state index contributed by atoms with van der Waals surface area (Å²) in [5.74, 6) is 1.54. The second-order valence-corrected chi connectivity index (χ2v) is 6.44. The normalized spacial score (nSPS) is 10.4. The second kappa shape index (κ2) is 8.43. The van der Waals surface area contributed by atoms with Crippen LogP contribution in [-0.2, 0) is 13.2 Å². The van der Waals surface area contributed by atoms with Gasteiger partial charge in [0.25, 0.3) is 0 Å². The monoisotopic (exact) mass is 347 g/mol. The van der Waals surface area contributed by atoms with Gasteiger partial charge in [0.1, 0.15) is 6.61 Å². The van der Waals surface area contributed by atoms with Crippen LogP contribution in [0.15, 0.2) is 66.7 Å². The van der Waals surface area contributed by atoms with Crippen molar-refractivity contribution in [2.45, 2.75) is 27.0 Å². The topological polar surface area (TPSA) is 30.5 Å². The molecule has 3 aromatic carbocycles. The lowest BCUT2D eigenvalue weighted by molar-refractivity contribution is 0.281. The minimum Gasteiger partial charge on any atom is -0.493 e. The van der Waals surface area contributed by atoms with Gasteiger partial charge in [-0.15, -0.1) is 0 Å². The highest BCUT2D eigenvalue weighted by Crippen LogP contribution is 2.32. The minimum absolute atomic E-state index is 0.512. The minimum atomic E-state index is 0.512. The van der Waals surface area contributed by atoms with E-state index in [9.17, 15) is 0 Å². The molecule has 134 valence electrons. The Balaban J connectivity index is 1.74. The predicted octanol–water partition coefficient (Wildman–Crippen LogP) is 5.50. The Labute approximate surface area is 155 Å². The molecular weight excluding hydrogens is 322 g/mol. The zero-order valence-electron chi connectivity index (χ0n) is 15.6. The molecule has 0 aliphatic carbocycles. The summed E-state index contributed by atoms with van der Waals surface area (Å²) in [7, 11) is 1.67. The van der Waals surface area contributed by atoms with Crippen molar-refractivity contribution in [3.05, 3.63) is 89.0 Å². The average molecular weight is 347 g/mol. The smallest absolute Gasteiger partial charge is 0.166 e. The first-order chi connectivity index (χ1) is 12.7. The van der Waals surface area contributed by atoms with Crippen molar-refractivity contribution in [3.8, 4) is 11.5 Å². The van der Waals surface area contributed by atoms with Crippen LogP contribution in [0.3, 0.4) is 0 Å². The molecule has 0 bridgehead atoms. The third-order valence-corrected chi connectivity index (χ3v) is 4.32. The Morgan fingerprint density at radius 3 is 2.12 bits per heavy atom. The Bertz CT molecular complexity index is 839. The number of rotatable bonds is 7. The first-order valence-corrected chi connectivity index (χ1v) is 8.80. The number of hydrogen-bond acceptors (Lipinski definition) is 3. The van der Waals surface area contributed by atoms with E-state index in [1.54, 1.807) is 7.11 Å². The van der Waals surface area contributed by atoms with E-state index in [0.29, 0.717) is 13.2 Å². The fourth-order valence-corrected chi connectivity index (χ4v) is 2.73. The van der Waals surface area contributed by atoms with Crippen LogP contribution in [0.2, 0.25) is 0 Å². The van der Waals surface area contributed by atoms with E-state index in [4.69, 9.17) is 9.47 Å². The van der Waals surface area contributed by atoms with Crippen LogP contribution in [0, 0.1) is 13.8 Å². The molecule has 3 rings (SSSR count). The molecule has 26 heavy (non-hydrogen) atoms. The molecule has 3 nitrogen and oxygen atoms in total. The molecule has 3 heteroatoms. The van der Waals surface area contributed by atoms with Crippen LogP contribution in [-0.4, -0.2) is 7.11 Å². The zero-order valence-corrected chi connectivity index (χ0v) is 15.6. The van der Waals surface area contributed by atoms with E-state index in [0.717, 1.165) is 28.3 Å². The molecule has 0 atom stereocenters. The SMILES string of the molecule is COc1cccc(CNc2ccc(C)cc2)c1OCc1ccc(C)cc1. The van der Waals surface area contributed by atoms with Crippen LogP contribution in [0.1, 0.15) is 22.3 Å². The van der Waals surface area contributed by atoms with Crippen molar-refractivity contribution in [1.82, 2.24) is 0 Å². The van der Waals surface area contributed by atoms with Crippen LogP contribution in [0.5, 0.6) is 11.5 Å². The molecule has 0 heterocycles. The predicted molar refractivity (Wildman–Crippen MR) is 107 cm³/mol. The van der Waals surface area contributed by atoms with Crippen LogP contribution in [0.4, 0.5) is 5.69 Å². The van der Waals surface area contributed by atoms with E-state index in [1.165, 1.54) is 11.1 Å². The summed E-state index contributed by atoms with van der Waals surface area (Å²) >= 11 is 0. The summed E-state index contributed by atoms with van der Waals surface area (Å²) in [6.07, 6.45) is 0. The molecule has 0 fully saturated rings. The molecule has 0 radical (unpaired) electrons. The Hall–Kier alpha value is -2.94. The number of ether oxygens (including phenoxy) is 2. The number of benzene rings is 3. The van der Waals surface area contributed by atoms with Crippen molar-refractivity contribution in [3.63, 3.8) is 0 Å². The van der Waals surface area contributed by atoms with Gasteiger partial charge in [-0.25, -0.2) is 0 Å². The van der Waals surface area contributed by atoms with Gasteiger partial charge in [0.2, 0.25) is 0 Å². The van der Waals surface area contributed by atoms with E-state index < -0.39 is 0 Å². The third kappa shape index (κ3) is 4.57. The van der Waals surface area contributed by atoms with E-state index >= 15 is 0 Å². The molecule has 3 aromatic rings. The second-order valence-electron chi connectivity index (χ2n) is 6.44. The molecule has 0 amide bonds. The largest absolute Gasteiger partial charge is 0.493 e. The molecule has 0 unspecified atom stereocenters. The van der Waals surface area contributed by atoms with Gasteiger partial charge in [-0.3, -0.25) is 0 Å². The number of nitrogens with one attached hydrogen (secondary N) is 1. The lowest BCUT2D eigenvalue weighted by Crippen LogP contribution is -2.05. The summed E-state index contributed by atoms with van der Waals surface area (Å²) in [4.78, 5) is 0. The fraction of sp³-hybridized carbons (Fsp3) is 0.217. The first-order valence-electron chi connectivity index (χ1n) is 8.80. The highest BCUT2D eigenvalue weighted by atomic mass is 16.5. The molecule has 0 spiro atoms. The van der Waals surface area contributed by atoms with Crippen LogP contribution < -0.4 is 14.8 Å². The lowest BCUT2D eigenvalue weighted by atomic mass is 10.1. The standard InChI is InChI=1S/C23H25NO2/c1-17-7-11-19(12-8-17)16-26-23-20(5-4-6-22(23)25-3)15-24-21-13-9-18(2)10-14-21/h4-14,24H,15-16H2,1-3H3. The quantitative estimate of drug-likeness (QED) is 0.612. The van der Waals surface area contributed by atoms with Gasteiger partial charge >= 0.3 is 0 Å². The highest BCUT2D eigenvalue weighted by molar-refractivity contribution is 5.50. The van der Waals surface area contributed by atoms with Crippen molar-refractivity contribution in [2.75, 3.05) is 12.4 Å². The molecule has 0 saturated heterocycles.